The molecule has 0 unspecified atom stereocenters. The zero-order chi connectivity index (χ0) is 41.3. The Morgan fingerprint density at radius 2 is 0.661 bits per heavy atom. The van der Waals surface area contributed by atoms with Crippen molar-refractivity contribution in [2.75, 3.05) is 4.90 Å². The van der Waals surface area contributed by atoms with Crippen LogP contribution < -0.4 is 4.90 Å². The van der Waals surface area contributed by atoms with Gasteiger partial charge < -0.3 is 4.90 Å². The lowest BCUT2D eigenvalue weighted by Gasteiger charge is -2.36. The number of nitrogens with zero attached hydrogens (tertiary/aromatic N) is 1. The summed E-state index contributed by atoms with van der Waals surface area (Å²) in [5.74, 6) is 0. The van der Waals surface area contributed by atoms with Crippen LogP contribution in [0.3, 0.4) is 0 Å². The Balaban J connectivity index is 0.937. The molecular formula is C61H43N. The molecule has 1 nitrogen and oxygen atoms in total. The number of hydrogen-bond acceptors (Lipinski definition) is 1. The maximum absolute atomic E-state index is 2.40. The van der Waals surface area contributed by atoms with Crippen LogP contribution in [-0.4, -0.2) is 0 Å². The van der Waals surface area contributed by atoms with E-state index in [-0.39, 0.29) is 0 Å². The van der Waals surface area contributed by atoms with E-state index in [0.717, 1.165) is 17.1 Å². The molecule has 0 spiro atoms. The second-order valence-corrected chi connectivity index (χ2v) is 16.1. The first-order valence-electron chi connectivity index (χ1n) is 21.4. The highest BCUT2D eigenvalue weighted by Gasteiger charge is 2.45. The molecule has 10 aromatic rings. The Bertz CT molecular complexity index is 3130. The van der Waals surface area contributed by atoms with Crippen LogP contribution >= 0.6 is 0 Å². The predicted octanol–water partition coefficient (Wildman–Crippen LogP) is 16.2. The van der Waals surface area contributed by atoms with Gasteiger partial charge in [-0.3, -0.25) is 0 Å². The Hall–Kier alpha value is -8.00. The standard InChI is InChI=1S/C61H43N/c1-4-14-44(15-5-1)47-30-36-56(37-31-47)62(58-40-34-49(35-41-58)52-29-26-45-16-10-11-17-51(45)42-52)57-38-32-48(33-39-57)46-24-27-50(28-25-46)60-43-53-18-12-13-23-59(53)61(60,54-19-6-2-7-20-54)55-21-8-3-9-22-55/h1-43H. The second kappa shape index (κ2) is 15.9. The normalized spacial score (nSPS) is 12.7. The fraction of sp³-hybridized carbons (Fsp3) is 0.0164. The Morgan fingerprint density at radius 3 is 1.21 bits per heavy atom. The highest BCUT2D eigenvalue weighted by atomic mass is 15.1. The Morgan fingerprint density at radius 1 is 0.274 bits per heavy atom. The lowest BCUT2D eigenvalue weighted by Crippen LogP contribution is -2.29. The van der Waals surface area contributed by atoms with E-state index in [2.05, 4.69) is 266 Å². The van der Waals surface area contributed by atoms with Crippen molar-refractivity contribution in [1.82, 2.24) is 0 Å². The highest BCUT2D eigenvalue weighted by Crippen LogP contribution is 2.55. The van der Waals surface area contributed by atoms with Crippen LogP contribution in [0.4, 0.5) is 17.1 Å². The Labute approximate surface area is 364 Å². The molecule has 0 N–H and O–H groups in total. The molecular weight excluding hydrogens is 747 g/mol. The monoisotopic (exact) mass is 789 g/mol. The Kier molecular flexibility index (Phi) is 9.48. The van der Waals surface area contributed by atoms with E-state index in [1.54, 1.807) is 0 Å². The van der Waals surface area contributed by atoms with Crippen molar-refractivity contribution in [3.05, 3.63) is 283 Å². The fourth-order valence-corrected chi connectivity index (χ4v) is 9.54. The van der Waals surface area contributed by atoms with Crippen LogP contribution in [0.25, 0.3) is 55.8 Å². The number of hydrogen-bond donors (Lipinski definition) is 0. The summed E-state index contributed by atoms with van der Waals surface area (Å²) >= 11 is 0. The molecule has 1 aliphatic rings. The molecule has 0 atom stereocenters. The third kappa shape index (κ3) is 6.61. The summed E-state index contributed by atoms with van der Waals surface area (Å²) < 4.78 is 0. The molecule has 0 amide bonds. The van der Waals surface area contributed by atoms with Gasteiger partial charge in [-0.2, -0.15) is 0 Å². The summed E-state index contributed by atoms with van der Waals surface area (Å²) in [6.45, 7) is 0. The quantitative estimate of drug-likeness (QED) is 0.141. The molecule has 0 aromatic heterocycles. The summed E-state index contributed by atoms with van der Waals surface area (Å²) in [6, 6.07) is 92.7. The minimum absolute atomic E-state index is 0.432. The smallest absolute Gasteiger partial charge is 0.0713 e. The third-order valence-electron chi connectivity index (χ3n) is 12.6. The maximum atomic E-state index is 2.40. The number of rotatable bonds is 9. The van der Waals surface area contributed by atoms with Crippen LogP contribution in [0, 0.1) is 0 Å². The van der Waals surface area contributed by atoms with E-state index in [9.17, 15) is 0 Å². The lowest BCUT2D eigenvalue weighted by atomic mass is 9.65. The predicted molar refractivity (Wildman–Crippen MR) is 262 cm³/mol. The number of anilines is 3. The van der Waals surface area contributed by atoms with Crippen LogP contribution in [-0.2, 0) is 5.41 Å². The van der Waals surface area contributed by atoms with Crippen LogP contribution in [0.1, 0.15) is 27.8 Å². The van der Waals surface area contributed by atoms with E-state index < -0.39 is 5.41 Å². The van der Waals surface area contributed by atoms with Gasteiger partial charge in [-0.15, -0.1) is 0 Å². The minimum atomic E-state index is -0.432. The molecule has 10 aromatic carbocycles. The molecule has 0 saturated heterocycles. The van der Waals surface area contributed by atoms with Gasteiger partial charge in [0.05, 0.1) is 5.41 Å². The van der Waals surface area contributed by atoms with E-state index in [1.165, 1.54) is 77.5 Å². The van der Waals surface area contributed by atoms with Crippen LogP contribution in [0.5, 0.6) is 0 Å². The van der Waals surface area contributed by atoms with E-state index in [1.807, 2.05) is 0 Å². The van der Waals surface area contributed by atoms with Gasteiger partial charge in [-0.1, -0.05) is 212 Å². The number of benzene rings is 10. The average Bonchev–Trinajstić information content (AvgIpc) is 3.72. The maximum Gasteiger partial charge on any atom is 0.0713 e. The molecule has 292 valence electrons. The summed E-state index contributed by atoms with van der Waals surface area (Å²) in [5.41, 5.74) is 17.7. The zero-order valence-electron chi connectivity index (χ0n) is 34.3. The third-order valence-corrected chi connectivity index (χ3v) is 12.6. The summed E-state index contributed by atoms with van der Waals surface area (Å²) in [7, 11) is 0. The van der Waals surface area contributed by atoms with Crippen molar-refractivity contribution in [2.45, 2.75) is 5.41 Å². The van der Waals surface area contributed by atoms with E-state index >= 15 is 0 Å². The van der Waals surface area contributed by atoms with Crippen molar-refractivity contribution in [3.63, 3.8) is 0 Å². The second-order valence-electron chi connectivity index (χ2n) is 16.1. The van der Waals surface area contributed by atoms with Gasteiger partial charge in [0.1, 0.15) is 0 Å². The van der Waals surface area contributed by atoms with Gasteiger partial charge in [0.25, 0.3) is 0 Å². The van der Waals surface area contributed by atoms with Crippen molar-refractivity contribution < 1.29 is 0 Å². The lowest BCUT2D eigenvalue weighted by molar-refractivity contribution is 0.814. The van der Waals surface area contributed by atoms with E-state index in [0.29, 0.717) is 0 Å². The molecule has 0 saturated carbocycles. The summed E-state index contributed by atoms with van der Waals surface area (Å²) in [5, 5.41) is 2.50. The zero-order valence-corrected chi connectivity index (χ0v) is 34.3. The van der Waals surface area contributed by atoms with Gasteiger partial charge >= 0.3 is 0 Å². The molecule has 0 aliphatic heterocycles. The van der Waals surface area contributed by atoms with E-state index in [4.69, 9.17) is 0 Å². The molecule has 0 fully saturated rings. The first kappa shape index (κ1) is 37.0. The first-order valence-corrected chi connectivity index (χ1v) is 21.4. The number of allylic oxidation sites excluding steroid dienone is 1. The van der Waals surface area contributed by atoms with Crippen LogP contribution in [0.15, 0.2) is 255 Å². The fourth-order valence-electron chi connectivity index (χ4n) is 9.54. The molecule has 62 heavy (non-hydrogen) atoms. The average molecular weight is 790 g/mol. The van der Waals surface area contributed by atoms with Gasteiger partial charge in [0.2, 0.25) is 0 Å². The molecule has 11 rings (SSSR count). The number of fused-ring (bicyclic) bond motifs is 2. The van der Waals surface area contributed by atoms with Gasteiger partial charge in [0.15, 0.2) is 0 Å². The topological polar surface area (TPSA) is 3.24 Å². The minimum Gasteiger partial charge on any atom is -0.311 e. The molecule has 0 heterocycles. The van der Waals surface area contributed by atoms with Crippen LogP contribution in [0.2, 0.25) is 0 Å². The van der Waals surface area contributed by atoms with Crippen molar-refractivity contribution in [1.29, 1.82) is 0 Å². The van der Waals surface area contributed by atoms with Gasteiger partial charge in [-0.05, 0) is 126 Å². The van der Waals surface area contributed by atoms with Crippen molar-refractivity contribution >= 4 is 39.5 Å². The van der Waals surface area contributed by atoms with Gasteiger partial charge in [-0.25, -0.2) is 0 Å². The molecule has 0 radical (unpaired) electrons. The molecule has 1 aliphatic carbocycles. The van der Waals surface area contributed by atoms with Crippen molar-refractivity contribution in [3.8, 4) is 33.4 Å². The largest absolute Gasteiger partial charge is 0.311 e. The molecule has 0 bridgehead atoms. The molecule has 1 heteroatoms. The first-order chi connectivity index (χ1) is 30.7. The summed E-state index contributed by atoms with van der Waals surface area (Å²) in [6.07, 6.45) is 2.40. The SMILES string of the molecule is C1=C(c2ccc(-c3ccc(N(c4ccc(-c5ccccc5)cc4)c4ccc(-c5ccc6ccccc6c5)cc4)cc3)cc2)C(c2ccccc2)(c2ccccc2)c2ccccc21. The highest BCUT2D eigenvalue weighted by molar-refractivity contribution is 6.00. The van der Waals surface area contributed by atoms with Gasteiger partial charge in [0, 0.05) is 17.1 Å². The summed E-state index contributed by atoms with van der Waals surface area (Å²) in [4.78, 5) is 2.35. The van der Waals surface area contributed by atoms with Crippen molar-refractivity contribution in [2.24, 2.45) is 0 Å².